The van der Waals surface area contributed by atoms with Gasteiger partial charge in [-0.2, -0.15) is 0 Å². The first-order valence-electron chi connectivity index (χ1n) is 5.78. The number of anilines is 2. The Morgan fingerprint density at radius 3 is 1.76 bits per heavy atom. The van der Waals surface area contributed by atoms with Crippen LogP contribution in [0.2, 0.25) is 0 Å². The van der Waals surface area contributed by atoms with E-state index in [0.717, 1.165) is 0 Å². The molecule has 0 spiro atoms. The fourth-order valence-corrected chi connectivity index (χ4v) is 5.03. The van der Waals surface area contributed by atoms with Crippen LogP contribution in [0.1, 0.15) is 11.1 Å². The molecule has 0 amide bonds. The van der Waals surface area contributed by atoms with E-state index in [1.165, 1.54) is 31.4 Å². The molecule has 1 aliphatic heterocycles. The Balaban J connectivity index is 2.17. The zero-order chi connectivity index (χ0) is 12.0. The Morgan fingerprint density at radius 2 is 1.29 bits per heavy atom. The molecule has 2 heteroatoms. The Bertz CT molecular complexity index is 538. The number of benzene rings is 2. The molecule has 0 N–H and O–H groups in total. The number of nitrogens with zero attached hydrogens (tertiary/aromatic N) is 1. The maximum absolute atomic E-state index is 2.33. The van der Waals surface area contributed by atoms with E-state index >= 15 is 0 Å². The van der Waals surface area contributed by atoms with Crippen molar-refractivity contribution in [3.8, 4) is 0 Å². The third kappa shape index (κ3) is 1.78. The molecule has 17 heavy (non-hydrogen) atoms. The number of aryl methyl sites for hydroxylation is 2. The van der Waals surface area contributed by atoms with E-state index < -0.39 is 0 Å². The van der Waals surface area contributed by atoms with Crippen LogP contribution in [0.3, 0.4) is 0 Å². The molecule has 1 aliphatic rings. The summed E-state index contributed by atoms with van der Waals surface area (Å²) < 4.78 is 3.00. The Hall–Kier alpha value is -1.24. The fraction of sp³-hybridized carbons (Fsp3) is 0.200. The number of hydrogen-bond acceptors (Lipinski definition) is 1. The van der Waals surface area contributed by atoms with Crippen LogP contribution >= 0.6 is 0 Å². The van der Waals surface area contributed by atoms with Gasteiger partial charge in [0.05, 0.1) is 0 Å². The van der Waals surface area contributed by atoms with Crippen molar-refractivity contribution >= 4 is 35.3 Å². The summed E-state index contributed by atoms with van der Waals surface area (Å²) in [7, 11) is 2.16. The van der Waals surface area contributed by atoms with Gasteiger partial charge in [0.2, 0.25) is 0 Å². The van der Waals surface area contributed by atoms with Crippen molar-refractivity contribution < 1.29 is 0 Å². The van der Waals surface area contributed by atoms with Gasteiger partial charge in [0, 0.05) is 0 Å². The van der Waals surface area contributed by atoms with Crippen molar-refractivity contribution in [2.75, 3.05) is 11.9 Å². The average molecular weight is 288 g/mol. The fourth-order valence-electron chi connectivity index (χ4n) is 2.21. The number of hydrogen-bond donors (Lipinski definition) is 0. The predicted octanol–water partition coefficient (Wildman–Crippen LogP) is 2.04. The molecule has 0 saturated heterocycles. The summed E-state index contributed by atoms with van der Waals surface area (Å²) in [4.78, 5) is 2.31. The van der Waals surface area contributed by atoms with Gasteiger partial charge in [-0.1, -0.05) is 0 Å². The quantitative estimate of drug-likeness (QED) is 0.671. The molecule has 1 nitrogen and oxygen atoms in total. The van der Waals surface area contributed by atoms with E-state index in [1.54, 1.807) is 0 Å². The van der Waals surface area contributed by atoms with Crippen LogP contribution in [0.5, 0.6) is 0 Å². The van der Waals surface area contributed by atoms with E-state index in [4.69, 9.17) is 0 Å². The first kappa shape index (κ1) is 10.9. The molecule has 0 saturated carbocycles. The Labute approximate surface area is 109 Å². The van der Waals surface area contributed by atoms with Gasteiger partial charge in [0.15, 0.2) is 0 Å². The molecular formula is C15H15NSe. The third-order valence-electron chi connectivity index (χ3n) is 3.17. The molecule has 0 aliphatic carbocycles. The van der Waals surface area contributed by atoms with Crippen LogP contribution < -0.4 is 13.8 Å². The second kappa shape index (κ2) is 3.90. The number of rotatable bonds is 0. The van der Waals surface area contributed by atoms with E-state index in [9.17, 15) is 0 Å². The Kier molecular flexibility index (Phi) is 2.50. The van der Waals surface area contributed by atoms with Crippen LogP contribution in [0, 0.1) is 13.8 Å². The summed E-state index contributed by atoms with van der Waals surface area (Å²) in [6.45, 7) is 4.34. The predicted molar refractivity (Wildman–Crippen MR) is 75.4 cm³/mol. The molecule has 0 radical (unpaired) electrons. The number of fused-ring (bicyclic) bond motifs is 2. The molecule has 0 unspecified atom stereocenters. The topological polar surface area (TPSA) is 3.24 Å². The van der Waals surface area contributed by atoms with Crippen LogP contribution in [0.15, 0.2) is 36.4 Å². The molecule has 2 aromatic rings. The zero-order valence-corrected chi connectivity index (χ0v) is 12.0. The van der Waals surface area contributed by atoms with E-state index in [2.05, 4.69) is 62.2 Å². The van der Waals surface area contributed by atoms with Gasteiger partial charge in [0.1, 0.15) is 0 Å². The second-order valence-corrected chi connectivity index (χ2v) is 6.88. The monoisotopic (exact) mass is 289 g/mol. The maximum atomic E-state index is 2.33. The van der Waals surface area contributed by atoms with Gasteiger partial charge in [-0.25, -0.2) is 0 Å². The average Bonchev–Trinajstić information content (AvgIpc) is 2.28. The standard InChI is InChI=1S/C15H15NSe/c1-10-4-6-12-14(8-10)17-15-9-11(2)5-7-13(15)16(12)3/h4-9H,1-3H3. The molecular weight excluding hydrogens is 273 g/mol. The van der Waals surface area contributed by atoms with Gasteiger partial charge in [-0.3, -0.25) is 0 Å². The molecule has 1 heterocycles. The van der Waals surface area contributed by atoms with Crippen LogP contribution in [0.25, 0.3) is 0 Å². The summed E-state index contributed by atoms with van der Waals surface area (Å²) >= 11 is 0.440. The SMILES string of the molecule is Cc1ccc2c(c1)[Se]c1cc(C)ccc1N2C. The summed E-state index contributed by atoms with van der Waals surface area (Å²) in [5.74, 6) is 0. The van der Waals surface area contributed by atoms with E-state index in [-0.39, 0.29) is 0 Å². The van der Waals surface area contributed by atoms with Crippen LogP contribution in [-0.4, -0.2) is 22.0 Å². The van der Waals surface area contributed by atoms with Gasteiger partial charge < -0.3 is 0 Å². The normalized spacial score (nSPS) is 13.2. The van der Waals surface area contributed by atoms with Gasteiger partial charge in [0.25, 0.3) is 0 Å². The molecule has 2 aromatic carbocycles. The summed E-state index contributed by atoms with van der Waals surface area (Å²) in [6, 6.07) is 13.5. The van der Waals surface area contributed by atoms with Crippen molar-refractivity contribution in [3.05, 3.63) is 47.5 Å². The van der Waals surface area contributed by atoms with Crippen molar-refractivity contribution in [2.24, 2.45) is 0 Å². The minimum absolute atomic E-state index is 0.440. The van der Waals surface area contributed by atoms with Crippen molar-refractivity contribution in [1.29, 1.82) is 0 Å². The van der Waals surface area contributed by atoms with Crippen LogP contribution in [-0.2, 0) is 0 Å². The summed E-state index contributed by atoms with van der Waals surface area (Å²) in [5.41, 5.74) is 5.45. The van der Waals surface area contributed by atoms with Crippen molar-refractivity contribution in [3.63, 3.8) is 0 Å². The molecule has 86 valence electrons. The zero-order valence-electron chi connectivity index (χ0n) is 10.3. The molecule has 3 rings (SSSR count). The Morgan fingerprint density at radius 1 is 0.824 bits per heavy atom. The molecule has 0 atom stereocenters. The molecule has 0 fully saturated rings. The second-order valence-electron chi connectivity index (χ2n) is 4.60. The van der Waals surface area contributed by atoms with Gasteiger partial charge in [-0.05, 0) is 0 Å². The van der Waals surface area contributed by atoms with E-state index in [1.807, 2.05) is 0 Å². The summed E-state index contributed by atoms with van der Waals surface area (Å²) in [5, 5.41) is 0. The summed E-state index contributed by atoms with van der Waals surface area (Å²) in [6.07, 6.45) is 0. The van der Waals surface area contributed by atoms with Gasteiger partial charge in [-0.15, -0.1) is 0 Å². The minimum atomic E-state index is 0.440. The van der Waals surface area contributed by atoms with Crippen molar-refractivity contribution in [2.45, 2.75) is 13.8 Å². The molecule has 0 bridgehead atoms. The van der Waals surface area contributed by atoms with E-state index in [0.29, 0.717) is 15.0 Å². The third-order valence-corrected chi connectivity index (χ3v) is 5.47. The van der Waals surface area contributed by atoms with Crippen LogP contribution in [0.4, 0.5) is 11.4 Å². The van der Waals surface area contributed by atoms with Crippen molar-refractivity contribution in [1.82, 2.24) is 0 Å². The first-order valence-corrected chi connectivity index (χ1v) is 7.49. The van der Waals surface area contributed by atoms with Gasteiger partial charge >= 0.3 is 109 Å². The first-order chi connectivity index (χ1) is 8.15. The molecule has 0 aromatic heterocycles.